The van der Waals surface area contributed by atoms with Crippen molar-refractivity contribution in [2.45, 2.75) is 33.2 Å². The summed E-state index contributed by atoms with van der Waals surface area (Å²) in [4.78, 5) is 8.85. The SMILES string of the molecule is CCNCc1cnc(-c2ccc(C(C)C)cc2)nc1. The molecule has 1 heterocycles. The first kappa shape index (κ1) is 13.7. The molecule has 1 aromatic heterocycles. The number of hydrogen-bond donors (Lipinski definition) is 1. The van der Waals surface area contributed by atoms with Gasteiger partial charge < -0.3 is 5.32 Å². The minimum atomic E-state index is 0.553. The molecule has 0 radical (unpaired) electrons. The van der Waals surface area contributed by atoms with Crippen LogP contribution in [0.3, 0.4) is 0 Å². The van der Waals surface area contributed by atoms with E-state index in [0.717, 1.165) is 30.0 Å². The zero-order chi connectivity index (χ0) is 13.7. The normalized spacial score (nSPS) is 10.9. The molecule has 19 heavy (non-hydrogen) atoms. The Morgan fingerprint density at radius 1 is 1.05 bits per heavy atom. The maximum Gasteiger partial charge on any atom is 0.159 e. The molecular formula is C16H21N3. The predicted octanol–water partition coefficient (Wildman–Crippen LogP) is 3.38. The number of aromatic nitrogens is 2. The smallest absolute Gasteiger partial charge is 0.159 e. The molecule has 2 aromatic rings. The quantitative estimate of drug-likeness (QED) is 0.890. The maximum atomic E-state index is 4.43. The summed E-state index contributed by atoms with van der Waals surface area (Å²) in [6.45, 7) is 8.26. The fourth-order valence-corrected chi connectivity index (χ4v) is 1.88. The Morgan fingerprint density at radius 2 is 1.68 bits per heavy atom. The number of rotatable bonds is 5. The molecule has 0 amide bonds. The van der Waals surface area contributed by atoms with E-state index in [4.69, 9.17) is 0 Å². The molecule has 0 atom stereocenters. The molecule has 1 aromatic carbocycles. The number of benzene rings is 1. The Labute approximate surface area is 115 Å². The highest BCUT2D eigenvalue weighted by atomic mass is 14.9. The van der Waals surface area contributed by atoms with E-state index < -0.39 is 0 Å². The van der Waals surface area contributed by atoms with E-state index in [0.29, 0.717) is 5.92 Å². The summed E-state index contributed by atoms with van der Waals surface area (Å²) < 4.78 is 0. The van der Waals surface area contributed by atoms with Crippen LogP contribution in [0, 0.1) is 0 Å². The molecule has 0 aliphatic heterocycles. The zero-order valence-corrected chi connectivity index (χ0v) is 11.9. The second-order valence-electron chi connectivity index (χ2n) is 4.97. The predicted molar refractivity (Wildman–Crippen MR) is 78.9 cm³/mol. The van der Waals surface area contributed by atoms with Crippen LogP contribution in [-0.4, -0.2) is 16.5 Å². The molecule has 0 bridgehead atoms. The van der Waals surface area contributed by atoms with Crippen molar-refractivity contribution in [1.82, 2.24) is 15.3 Å². The Bertz CT molecular complexity index is 501. The zero-order valence-electron chi connectivity index (χ0n) is 11.9. The lowest BCUT2D eigenvalue weighted by molar-refractivity contribution is 0.721. The van der Waals surface area contributed by atoms with Crippen molar-refractivity contribution in [3.63, 3.8) is 0 Å². The van der Waals surface area contributed by atoms with Gasteiger partial charge in [0, 0.05) is 30.1 Å². The molecule has 0 spiro atoms. The van der Waals surface area contributed by atoms with Crippen LogP contribution in [-0.2, 0) is 6.54 Å². The molecule has 0 fully saturated rings. The van der Waals surface area contributed by atoms with Gasteiger partial charge in [-0.1, -0.05) is 45.0 Å². The van der Waals surface area contributed by atoms with Crippen molar-refractivity contribution in [2.75, 3.05) is 6.54 Å². The van der Waals surface area contributed by atoms with E-state index in [1.165, 1.54) is 5.56 Å². The largest absolute Gasteiger partial charge is 0.313 e. The standard InChI is InChI=1S/C16H21N3/c1-4-17-9-13-10-18-16(19-11-13)15-7-5-14(6-8-15)12(2)3/h5-8,10-12,17H,4,9H2,1-3H3. The van der Waals surface area contributed by atoms with E-state index in [-0.39, 0.29) is 0 Å². The number of hydrogen-bond acceptors (Lipinski definition) is 3. The Hall–Kier alpha value is -1.74. The van der Waals surface area contributed by atoms with E-state index in [2.05, 4.69) is 60.3 Å². The third-order valence-electron chi connectivity index (χ3n) is 3.12. The van der Waals surface area contributed by atoms with E-state index in [9.17, 15) is 0 Å². The highest BCUT2D eigenvalue weighted by Crippen LogP contribution is 2.19. The van der Waals surface area contributed by atoms with E-state index in [1.807, 2.05) is 12.4 Å². The van der Waals surface area contributed by atoms with Gasteiger partial charge in [0.1, 0.15) is 0 Å². The average molecular weight is 255 g/mol. The molecule has 0 unspecified atom stereocenters. The third-order valence-corrected chi connectivity index (χ3v) is 3.12. The monoisotopic (exact) mass is 255 g/mol. The number of nitrogens with one attached hydrogen (secondary N) is 1. The first-order valence-corrected chi connectivity index (χ1v) is 6.82. The fraction of sp³-hybridized carbons (Fsp3) is 0.375. The first-order chi connectivity index (χ1) is 9.20. The van der Waals surface area contributed by atoms with Crippen LogP contribution in [0.5, 0.6) is 0 Å². The lowest BCUT2D eigenvalue weighted by Gasteiger charge is -2.07. The van der Waals surface area contributed by atoms with Gasteiger partial charge in [0.15, 0.2) is 5.82 Å². The van der Waals surface area contributed by atoms with Crippen molar-refractivity contribution in [2.24, 2.45) is 0 Å². The molecular weight excluding hydrogens is 234 g/mol. The minimum absolute atomic E-state index is 0.553. The first-order valence-electron chi connectivity index (χ1n) is 6.82. The second kappa shape index (κ2) is 6.43. The molecule has 3 heteroatoms. The van der Waals surface area contributed by atoms with Crippen LogP contribution in [0.1, 0.15) is 37.8 Å². The summed E-state index contributed by atoms with van der Waals surface area (Å²) in [5.74, 6) is 1.34. The fourth-order valence-electron chi connectivity index (χ4n) is 1.88. The van der Waals surface area contributed by atoms with Crippen molar-refractivity contribution in [3.8, 4) is 11.4 Å². The highest BCUT2D eigenvalue weighted by Gasteiger charge is 2.03. The summed E-state index contributed by atoms with van der Waals surface area (Å²) in [6.07, 6.45) is 3.78. The van der Waals surface area contributed by atoms with E-state index >= 15 is 0 Å². The van der Waals surface area contributed by atoms with Crippen LogP contribution >= 0.6 is 0 Å². The molecule has 0 saturated carbocycles. The van der Waals surface area contributed by atoms with Gasteiger partial charge in [-0.2, -0.15) is 0 Å². The lowest BCUT2D eigenvalue weighted by atomic mass is 10.0. The molecule has 3 nitrogen and oxygen atoms in total. The maximum absolute atomic E-state index is 4.43. The minimum Gasteiger partial charge on any atom is -0.313 e. The molecule has 1 N–H and O–H groups in total. The van der Waals surface area contributed by atoms with Crippen LogP contribution in [0.4, 0.5) is 0 Å². The second-order valence-corrected chi connectivity index (χ2v) is 4.97. The summed E-state index contributed by atoms with van der Waals surface area (Å²) in [7, 11) is 0. The van der Waals surface area contributed by atoms with Crippen LogP contribution in [0.2, 0.25) is 0 Å². The van der Waals surface area contributed by atoms with Crippen molar-refractivity contribution in [3.05, 3.63) is 47.8 Å². The molecule has 0 aliphatic carbocycles. The molecule has 0 aliphatic rings. The van der Waals surface area contributed by atoms with Gasteiger partial charge >= 0.3 is 0 Å². The average Bonchev–Trinajstić information content (AvgIpc) is 2.46. The van der Waals surface area contributed by atoms with Crippen molar-refractivity contribution < 1.29 is 0 Å². The number of nitrogens with zero attached hydrogens (tertiary/aromatic N) is 2. The van der Waals surface area contributed by atoms with Gasteiger partial charge in [-0.25, -0.2) is 9.97 Å². The third kappa shape index (κ3) is 3.61. The molecule has 2 rings (SSSR count). The van der Waals surface area contributed by atoms with Gasteiger partial charge in [-0.3, -0.25) is 0 Å². The molecule has 100 valence electrons. The Kier molecular flexibility index (Phi) is 4.63. The van der Waals surface area contributed by atoms with Crippen molar-refractivity contribution >= 4 is 0 Å². The lowest BCUT2D eigenvalue weighted by Crippen LogP contribution is -2.12. The molecule has 0 saturated heterocycles. The summed E-state index contributed by atoms with van der Waals surface area (Å²) in [6, 6.07) is 8.48. The summed E-state index contributed by atoms with van der Waals surface area (Å²) in [5, 5.41) is 3.26. The Balaban J connectivity index is 2.13. The van der Waals surface area contributed by atoms with Gasteiger partial charge in [0.2, 0.25) is 0 Å². The van der Waals surface area contributed by atoms with Crippen molar-refractivity contribution in [1.29, 1.82) is 0 Å². The summed E-state index contributed by atoms with van der Waals surface area (Å²) >= 11 is 0. The van der Waals surface area contributed by atoms with Gasteiger partial charge in [0.25, 0.3) is 0 Å². The Morgan fingerprint density at radius 3 is 2.21 bits per heavy atom. The van der Waals surface area contributed by atoms with Gasteiger partial charge in [-0.05, 0) is 18.0 Å². The van der Waals surface area contributed by atoms with Gasteiger partial charge in [0.05, 0.1) is 0 Å². The van der Waals surface area contributed by atoms with E-state index in [1.54, 1.807) is 0 Å². The van der Waals surface area contributed by atoms with Gasteiger partial charge in [-0.15, -0.1) is 0 Å². The van der Waals surface area contributed by atoms with Crippen LogP contribution in [0.15, 0.2) is 36.7 Å². The van der Waals surface area contributed by atoms with Crippen LogP contribution < -0.4 is 5.32 Å². The van der Waals surface area contributed by atoms with Crippen LogP contribution in [0.25, 0.3) is 11.4 Å². The topological polar surface area (TPSA) is 37.8 Å². The summed E-state index contributed by atoms with van der Waals surface area (Å²) in [5.41, 5.74) is 3.52. The highest BCUT2D eigenvalue weighted by molar-refractivity contribution is 5.55.